The molecule has 0 spiro atoms. The van der Waals surface area contributed by atoms with Crippen molar-refractivity contribution in [1.82, 2.24) is 0 Å². The van der Waals surface area contributed by atoms with Crippen molar-refractivity contribution in [2.45, 2.75) is 13.0 Å². The molecule has 0 aromatic heterocycles. The highest BCUT2D eigenvalue weighted by molar-refractivity contribution is 5.54. The monoisotopic (exact) mass is 292 g/mol. The maximum atomic E-state index is 13.3. The van der Waals surface area contributed by atoms with Gasteiger partial charge in [-0.15, -0.1) is 0 Å². The standard InChI is InChI=1S/C14H13FN2O4/c1-8(11-4-3-10(18)7-14(11)19)16-9-2-5-12(15)13(6-9)17(20)21/h2-8,16,18-19H,1H3. The first-order chi connectivity index (χ1) is 9.88. The summed E-state index contributed by atoms with van der Waals surface area (Å²) >= 11 is 0. The van der Waals surface area contributed by atoms with E-state index in [4.69, 9.17) is 0 Å². The van der Waals surface area contributed by atoms with Crippen molar-refractivity contribution in [3.05, 3.63) is 57.9 Å². The zero-order valence-corrected chi connectivity index (χ0v) is 11.1. The fourth-order valence-corrected chi connectivity index (χ4v) is 1.97. The molecule has 3 N–H and O–H groups in total. The number of phenols is 2. The number of rotatable bonds is 4. The maximum absolute atomic E-state index is 13.3. The number of benzene rings is 2. The summed E-state index contributed by atoms with van der Waals surface area (Å²) in [7, 11) is 0. The van der Waals surface area contributed by atoms with E-state index in [-0.39, 0.29) is 11.5 Å². The number of anilines is 1. The number of aromatic hydroxyl groups is 2. The molecule has 2 aromatic carbocycles. The molecule has 0 saturated heterocycles. The number of hydrogen-bond acceptors (Lipinski definition) is 5. The first kappa shape index (κ1) is 14.6. The van der Waals surface area contributed by atoms with E-state index in [0.29, 0.717) is 11.3 Å². The molecule has 21 heavy (non-hydrogen) atoms. The fraction of sp³-hybridized carbons (Fsp3) is 0.143. The Balaban J connectivity index is 2.25. The van der Waals surface area contributed by atoms with Crippen molar-refractivity contribution in [1.29, 1.82) is 0 Å². The lowest BCUT2D eigenvalue weighted by atomic mass is 10.1. The number of nitro benzene ring substituents is 1. The third-order valence-electron chi connectivity index (χ3n) is 3.01. The Kier molecular flexibility index (Phi) is 3.93. The van der Waals surface area contributed by atoms with E-state index < -0.39 is 22.5 Å². The van der Waals surface area contributed by atoms with Crippen LogP contribution in [0, 0.1) is 15.9 Å². The van der Waals surface area contributed by atoms with E-state index in [0.717, 1.165) is 12.1 Å². The molecule has 0 aliphatic heterocycles. The topological polar surface area (TPSA) is 95.6 Å². The number of nitrogens with zero attached hydrogens (tertiary/aromatic N) is 1. The normalized spacial score (nSPS) is 11.9. The molecule has 0 fully saturated rings. The van der Waals surface area contributed by atoms with Crippen molar-refractivity contribution in [2.24, 2.45) is 0 Å². The molecule has 1 unspecified atom stereocenters. The van der Waals surface area contributed by atoms with Crippen molar-refractivity contribution in [3.63, 3.8) is 0 Å². The lowest BCUT2D eigenvalue weighted by molar-refractivity contribution is -0.387. The van der Waals surface area contributed by atoms with Gasteiger partial charge in [-0.25, -0.2) is 0 Å². The summed E-state index contributed by atoms with van der Waals surface area (Å²) in [5.41, 5.74) is 0.227. The van der Waals surface area contributed by atoms with Gasteiger partial charge in [-0.2, -0.15) is 4.39 Å². The van der Waals surface area contributed by atoms with Crippen molar-refractivity contribution in [3.8, 4) is 11.5 Å². The molecule has 0 bridgehead atoms. The SMILES string of the molecule is CC(Nc1ccc(F)c([N+](=O)[O-])c1)c1ccc(O)cc1O. The van der Waals surface area contributed by atoms with E-state index >= 15 is 0 Å². The van der Waals surface area contributed by atoms with Gasteiger partial charge in [0.05, 0.1) is 11.0 Å². The molecule has 110 valence electrons. The minimum atomic E-state index is -0.911. The van der Waals surface area contributed by atoms with Gasteiger partial charge < -0.3 is 15.5 Å². The number of nitro groups is 1. The lowest BCUT2D eigenvalue weighted by Crippen LogP contribution is -2.07. The Morgan fingerprint density at radius 3 is 2.57 bits per heavy atom. The summed E-state index contributed by atoms with van der Waals surface area (Å²) in [6.45, 7) is 1.72. The van der Waals surface area contributed by atoms with Crippen molar-refractivity contribution < 1.29 is 19.5 Å². The zero-order chi connectivity index (χ0) is 15.6. The Hall–Kier alpha value is -2.83. The van der Waals surface area contributed by atoms with E-state index in [1.807, 2.05) is 0 Å². The summed E-state index contributed by atoms with van der Waals surface area (Å²) in [6.07, 6.45) is 0. The third kappa shape index (κ3) is 3.19. The average molecular weight is 292 g/mol. The van der Waals surface area contributed by atoms with Crippen LogP contribution < -0.4 is 5.32 Å². The highest BCUT2D eigenvalue weighted by Crippen LogP contribution is 2.31. The third-order valence-corrected chi connectivity index (χ3v) is 3.01. The van der Waals surface area contributed by atoms with Gasteiger partial charge in [0, 0.05) is 23.4 Å². The van der Waals surface area contributed by atoms with Crippen LogP contribution in [0.2, 0.25) is 0 Å². The summed E-state index contributed by atoms with van der Waals surface area (Å²) < 4.78 is 13.3. The van der Waals surface area contributed by atoms with Crippen LogP contribution in [0.1, 0.15) is 18.5 Å². The van der Waals surface area contributed by atoms with Gasteiger partial charge in [-0.3, -0.25) is 10.1 Å². The predicted molar refractivity (Wildman–Crippen MR) is 74.9 cm³/mol. The number of halogens is 1. The number of phenolic OH excluding ortho intramolecular Hbond substituents is 2. The fourth-order valence-electron chi connectivity index (χ4n) is 1.97. The van der Waals surface area contributed by atoms with Crippen LogP contribution in [-0.2, 0) is 0 Å². The molecular weight excluding hydrogens is 279 g/mol. The van der Waals surface area contributed by atoms with Crippen LogP contribution >= 0.6 is 0 Å². The first-order valence-corrected chi connectivity index (χ1v) is 6.11. The van der Waals surface area contributed by atoms with Crippen LogP contribution in [0.15, 0.2) is 36.4 Å². The van der Waals surface area contributed by atoms with Crippen LogP contribution in [0.4, 0.5) is 15.8 Å². The van der Waals surface area contributed by atoms with Crippen LogP contribution in [-0.4, -0.2) is 15.1 Å². The summed E-state index contributed by atoms with van der Waals surface area (Å²) in [6, 6.07) is 7.21. The van der Waals surface area contributed by atoms with Gasteiger partial charge in [-0.05, 0) is 31.2 Å². The molecule has 0 amide bonds. The second-order valence-electron chi connectivity index (χ2n) is 4.53. The van der Waals surface area contributed by atoms with Crippen molar-refractivity contribution >= 4 is 11.4 Å². The van der Waals surface area contributed by atoms with Gasteiger partial charge >= 0.3 is 5.69 Å². The molecule has 0 aliphatic rings. The summed E-state index contributed by atoms with van der Waals surface area (Å²) in [5, 5.41) is 32.6. The van der Waals surface area contributed by atoms with Gasteiger partial charge in [0.2, 0.25) is 5.82 Å². The predicted octanol–water partition coefficient (Wildman–Crippen LogP) is 3.32. The van der Waals surface area contributed by atoms with E-state index in [1.54, 1.807) is 6.92 Å². The van der Waals surface area contributed by atoms with Crippen LogP contribution in [0.3, 0.4) is 0 Å². The van der Waals surface area contributed by atoms with Crippen LogP contribution in [0.5, 0.6) is 11.5 Å². The zero-order valence-electron chi connectivity index (χ0n) is 11.1. The molecule has 0 aliphatic carbocycles. The maximum Gasteiger partial charge on any atom is 0.306 e. The largest absolute Gasteiger partial charge is 0.508 e. The van der Waals surface area contributed by atoms with Crippen molar-refractivity contribution in [2.75, 3.05) is 5.32 Å². The second kappa shape index (κ2) is 5.66. The molecular formula is C14H13FN2O4. The van der Waals surface area contributed by atoms with Gasteiger partial charge in [0.1, 0.15) is 11.5 Å². The molecule has 2 aromatic rings. The van der Waals surface area contributed by atoms with Gasteiger partial charge in [0.15, 0.2) is 0 Å². The van der Waals surface area contributed by atoms with Gasteiger partial charge in [0.25, 0.3) is 0 Å². The highest BCUT2D eigenvalue weighted by atomic mass is 19.1. The molecule has 0 saturated carbocycles. The highest BCUT2D eigenvalue weighted by Gasteiger charge is 2.16. The Morgan fingerprint density at radius 2 is 1.95 bits per heavy atom. The molecule has 7 heteroatoms. The minimum Gasteiger partial charge on any atom is -0.508 e. The quantitative estimate of drug-likeness (QED) is 0.593. The Morgan fingerprint density at radius 1 is 1.24 bits per heavy atom. The molecule has 0 heterocycles. The number of hydrogen-bond donors (Lipinski definition) is 3. The van der Waals surface area contributed by atoms with E-state index in [9.17, 15) is 24.7 Å². The smallest absolute Gasteiger partial charge is 0.306 e. The summed E-state index contributed by atoms with van der Waals surface area (Å²) in [5.74, 6) is -1.09. The molecule has 0 radical (unpaired) electrons. The summed E-state index contributed by atoms with van der Waals surface area (Å²) in [4.78, 5) is 9.89. The van der Waals surface area contributed by atoms with Gasteiger partial charge in [-0.1, -0.05) is 0 Å². The molecule has 2 rings (SSSR count). The Bertz CT molecular complexity index is 691. The Labute approximate surface area is 119 Å². The van der Waals surface area contributed by atoms with E-state index in [1.165, 1.54) is 24.3 Å². The molecule has 1 atom stereocenters. The minimum absolute atomic E-state index is 0.0686. The second-order valence-corrected chi connectivity index (χ2v) is 4.53. The average Bonchev–Trinajstić information content (AvgIpc) is 2.40. The number of nitrogens with one attached hydrogen (secondary N) is 1. The first-order valence-electron chi connectivity index (χ1n) is 6.11. The van der Waals surface area contributed by atoms with Crippen LogP contribution in [0.25, 0.3) is 0 Å². The van der Waals surface area contributed by atoms with E-state index in [2.05, 4.69) is 5.32 Å². The lowest BCUT2D eigenvalue weighted by Gasteiger charge is -2.17. The molecule has 6 nitrogen and oxygen atoms in total.